The molecule has 0 N–H and O–H groups in total. The van der Waals surface area contributed by atoms with Crippen LogP contribution in [0.3, 0.4) is 0 Å². The first kappa shape index (κ1) is 15.2. The summed E-state index contributed by atoms with van der Waals surface area (Å²) in [4.78, 5) is 5.49. The van der Waals surface area contributed by atoms with E-state index in [9.17, 15) is 0 Å². The number of aryl methyl sites for hydroxylation is 1. The molecule has 0 unspecified atom stereocenters. The summed E-state index contributed by atoms with van der Waals surface area (Å²) in [5.74, 6) is 0. The molecule has 0 bridgehead atoms. The second-order valence-electron chi connectivity index (χ2n) is 6.04. The Labute approximate surface area is 131 Å². The van der Waals surface area contributed by atoms with Crippen LogP contribution in [-0.4, -0.2) is 42.9 Å². The fourth-order valence-corrected chi connectivity index (χ4v) is 4.37. The molecule has 1 aromatic heterocycles. The maximum Gasteiger partial charge on any atom is 0.0813 e. The molecule has 2 fully saturated rings. The van der Waals surface area contributed by atoms with Crippen LogP contribution in [0.25, 0.3) is 0 Å². The normalized spacial score (nSPS) is 29.5. The van der Waals surface area contributed by atoms with Gasteiger partial charge in [-0.1, -0.05) is 6.08 Å². The predicted octanol–water partition coefficient (Wildman–Crippen LogP) is 3.38. The molecule has 1 aromatic rings. The van der Waals surface area contributed by atoms with E-state index >= 15 is 0 Å². The summed E-state index contributed by atoms with van der Waals surface area (Å²) in [5.41, 5.74) is 0. The molecular weight excluding hydrogens is 282 g/mol. The van der Waals surface area contributed by atoms with Crippen LogP contribution in [0.1, 0.15) is 29.0 Å². The van der Waals surface area contributed by atoms with Gasteiger partial charge in [0.25, 0.3) is 0 Å². The number of thiophene rings is 1. The summed E-state index contributed by atoms with van der Waals surface area (Å²) in [5, 5.41) is 0. The van der Waals surface area contributed by atoms with Crippen molar-refractivity contribution in [3.8, 4) is 0 Å². The number of hydrogen-bond donors (Lipinski definition) is 0. The summed E-state index contributed by atoms with van der Waals surface area (Å²) >= 11 is 1.92. The van der Waals surface area contributed by atoms with Crippen LogP contribution in [0.5, 0.6) is 0 Å². The highest BCUT2D eigenvalue weighted by Crippen LogP contribution is 2.33. The smallest absolute Gasteiger partial charge is 0.0813 e. The molecule has 4 heteroatoms. The highest BCUT2D eigenvalue weighted by molar-refractivity contribution is 7.11. The molecule has 3 atom stereocenters. The molecule has 0 amide bonds. The molecule has 0 radical (unpaired) electrons. The van der Waals surface area contributed by atoms with Crippen LogP contribution in [0.2, 0.25) is 0 Å². The molecule has 0 aromatic carbocycles. The largest absolute Gasteiger partial charge is 0.375 e. The van der Waals surface area contributed by atoms with Gasteiger partial charge in [-0.05, 0) is 38.3 Å². The highest BCUT2D eigenvalue weighted by Gasteiger charge is 2.39. The van der Waals surface area contributed by atoms with E-state index < -0.39 is 0 Å². The van der Waals surface area contributed by atoms with Crippen molar-refractivity contribution in [2.24, 2.45) is 0 Å². The minimum Gasteiger partial charge on any atom is -0.375 e. The van der Waals surface area contributed by atoms with Crippen molar-refractivity contribution >= 4 is 11.3 Å². The molecule has 3 rings (SSSR count). The Bertz CT molecular complexity index is 473. The monoisotopic (exact) mass is 307 g/mol. The molecule has 2 aliphatic heterocycles. The standard InChI is InChI=1S/C17H25NO2S/c1-3-10-19-12-14-5-7-16-17(20-14)8-9-18(16)11-15-6-4-13(2)21-15/h3-4,6,14,16-17H,1,5,7-12H2,2H3/t14-,16-,17-/m0/s1. The van der Waals surface area contributed by atoms with Crippen molar-refractivity contribution in [2.45, 2.75) is 51.0 Å². The molecule has 3 heterocycles. The second-order valence-corrected chi connectivity index (χ2v) is 7.41. The zero-order valence-electron chi connectivity index (χ0n) is 12.8. The summed E-state index contributed by atoms with van der Waals surface area (Å²) < 4.78 is 11.8. The van der Waals surface area contributed by atoms with E-state index in [4.69, 9.17) is 9.47 Å². The molecule has 0 spiro atoms. The lowest BCUT2D eigenvalue weighted by molar-refractivity contribution is -0.0971. The van der Waals surface area contributed by atoms with E-state index in [0.29, 0.717) is 25.4 Å². The number of hydrogen-bond acceptors (Lipinski definition) is 4. The van der Waals surface area contributed by atoms with Gasteiger partial charge in [-0.25, -0.2) is 0 Å². The minimum atomic E-state index is 0.273. The van der Waals surface area contributed by atoms with E-state index in [1.807, 2.05) is 11.3 Å². The van der Waals surface area contributed by atoms with Crippen molar-refractivity contribution in [1.29, 1.82) is 0 Å². The van der Waals surface area contributed by atoms with Gasteiger partial charge in [0.2, 0.25) is 0 Å². The lowest BCUT2D eigenvalue weighted by Gasteiger charge is -2.35. The Kier molecular flexibility index (Phi) is 5.11. The predicted molar refractivity (Wildman–Crippen MR) is 86.8 cm³/mol. The zero-order valence-corrected chi connectivity index (χ0v) is 13.6. The molecule has 0 saturated carbocycles. The molecule has 2 saturated heterocycles. The Morgan fingerprint density at radius 3 is 3.10 bits per heavy atom. The quantitative estimate of drug-likeness (QED) is 0.594. The minimum absolute atomic E-state index is 0.273. The van der Waals surface area contributed by atoms with Crippen LogP contribution < -0.4 is 0 Å². The third-order valence-corrected chi connectivity index (χ3v) is 5.43. The van der Waals surface area contributed by atoms with Gasteiger partial charge in [0.1, 0.15) is 0 Å². The second kappa shape index (κ2) is 7.05. The first-order chi connectivity index (χ1) is 10.3. The Morgan fingerprint density at radius 2 is 2.33 bits per heavy atom. The summed E-state index contributed by atoms with van der Waals surface area (Å²) in [7, 11) is 0. The van der Waals surface area contributed by atoms with Crippen molar-refractivity contribution in [3.63, 3.8) is 0 Å². The van der Waals surface area contributed by atoms with Gasteiger partial charge >= 0.3 is 0 Å². The van der Waals surface area contributed by atoms with Gasteiger partial charge in [-0.15, -0.1) is 17.9 Å². The van der Waals surface area contributed by atoms with E-state index in [1.165, 1.54) is 16.2 Å². The average Bonchev–Trinajstić information content (AvgIpc) is 3.06. The lowest BCUT2D eigenvalue weighted by Crippen LogP contribution is -2.43. The summed E-state index contributed by atoms with van der Waals surface area (Å²) in [6, 6.07) is 5.09. The SMILES string of the molecule is C=CCOC[C@@H]1CC[C@H]2[C@H](CCN2Cc2ccc(C)s2)O1. The van der Waals surface area contributed by atoms with E-state index in [-0.39, 0.29) is 6.10 Å². The summed E-state index contributed by atoms with van der Waals surface area (Å²) in [6.45, 7) is 9.43. The summed E-state index contributed by atoms with van der Waals surface area (Å²) in [6.07, 6.45) is 5.97. The van der Waals surface area contributed by atoms with Crippen molar-refractivity contribution < 1.29 is 9.47 Å². The van der Waals surface area contributed by atoms with Gasteiger partial charge < -0.3 is 9.47 Å². The fourth-order valence-electron chi connectivity index (χ4n) is 3.46. The van der Waals surface area contributed by atoms with Crippen LogP contribution >= 0.6 is 11.3 Å². The van der Waals surface area contributed by atoms with Crippen molar-refractivity contribution in [2.75, 3.05) is 19.8 Å². The van der Waals surface area contributed by atoms with Gasteiger partial charge in [0.15, 0.2) is 0 Å². The zero-order chi connectivity index (χ0) is 14.7. The fraction of sp³-hybridized carbons (Fsp3) is 0.647. The number of rotatable bonds is 6. The van der Waals surface area contributed by atoms with Gasteiger partial charge in [0.05, 0.1) is 25.4 Å². The van der Waals surface area contributed by atoms with Crippen LogP contribution in [-0.2, 0) is 16.0 Å². The number of likely N-dealkylation sites (tertiary alicyclic amines) is 1. The molecule has 21 heavy (non-hydrogen) atoms. The maximum atomic E-state index is 6.23. The maximum absolute atomic E-state index is 6.23. The van der Waals surface area contributed by atoms with Crippen LogP contribution in [0, 0.1) is 6.92 Å². The Balaban J connectivity index is 1.51. The molecule has 2 aliphatic rings. The van der Waals surface area contributed by atoms with Gasteiger partial charge in [0, 0.05) is 28.9 Å². The molecule has 3 nitrogen and oxygen atoms in total. The lowest BCUT2D eigenvalue weighted by atomic mass is 9.99. The van der Waals surface area contributed by atoms with Crippen molar-refractivity contribution in [1.82, 2.24) is 4.90 Å². The molecule has 0 aliphatic carbocycles. The molecule has 116 valence electrons. The first-order valence-electron chi connectivity index (χ1n) is 7.89. The van der Waals surface area contributed by atoms with Crippen molar-refractivity contribution in [3.05, 3.63) is 34.5 Å². The Hall–Kier alpha value is -0.680. The third kappa shape index (κ3) is 3.75. The third-order valence-electron chi connectivity index (χ3n) is 4.45. The van der Waals surface area contributed by atoms with E-state index in [2.05, 4.69) is 30.5 Å². The van der Waals surface area contributed by atoms with Gasteiger partial charge in [-0.2, -0.15) is 0 Å². The Morgan fingerprint density at radius 1 is 1.43 bits per heavy atom. The van der Waals surface area contributed by atoms with Crippen LogP contribution in [0.4, 0.5) is 0 Å². The van der Waals surface area contributed by atoms with E-state index in [1.54, 1.807) is 6.08 Å². The first-order valence-corrected chi connectivity index (χ1v) is 8.71. The average molecular weight is 307 g/mol. The number of nitrogens with zero attached hydrogens (tertiary/aromatic N) is 1. The highest BCUT2D eigenvalue weighted by atomic mass is 32.1. The molecular formula is C17H25NO2S. The van der Waals surface area contributed by atoms with Gasteiger partial charge in [-0.3, -0.25) is 4.90 Å². The number of fused-ring (bicyclic) bond motifs is 1. The number of ether oxygens (including phenoxy) is 2. The van der Waals surface area contributed by atoms with Crippen LogP contribution in [0.15, 0.2) is 24.8 Å². The van der Waals surface area contributed by atoms with E-state index in [0.717, 1.165) is 25.9 Å². The topological polar surface area (TPSA) is 21.7 Å².